The van der Waals surface area contributed by atoms with Crippen LogP contribution in [0.4, 0.5) is 11.4 Å². The fraction of sp³-hybridized carbons (Fsp3) is 0.389. The normalized spacial score (nSPS) is 19.2. The van der Waals surface area contributed by atoms with Crippen LogP contribution in [0.25, 0.3) is 0 Å². The van der Waals surface area contributed by atoms with Gasteiger partial charge in [-0.15, -0.1) is 11.3 Å². The summed E-state index contributed by atoms with van der Waals surface area (Å²) >= 11 is 1.77. The molecule has 1 aromatic carbocycles. The molecule has 0 aliphatic carbocycles. The van der Waals surface area contributed by atoms with Crippen molar-refractivity contribution in [2.24, 2.45) is 0 Å². The molecule has 1 unspecified atom stereocenters. The molecule has 8 heteroatoms. The zero-order valence-corrected chi connectivity index (χ0v) is 15.3. The predicted molar refractivity (Wildman–Crippen MR) is 102 cm³/mol. The molecule has 2 aromatic rings. The van der Waals surface area contributed by atoms with E-state index >= 15 is 0 Å². The highest BCUT2D eigenvalue weighted by Crippen LogP contribution is 2.23. The predicted octanol–water partition coefficient (Wildman–Crippen LogP) is 1.60. The highest BCUT2D eigenvalue weighted by Gasteiger charge is 2.31. The van der Waals surface area contributed by atoms with Crippen molar-refractivity contribution in [1.29, 1.82) is 0 Å². The minimum atomic E-state index is -0.422. The zero-order valence-electron chi connectivity index (χ0n) is 14.4. The van der Waals surface area contributed by atoms with E-state index in [9.17, 15) is 14.9 Å². The molecule has 0 bridgehead atoms. The lowest BCUT2D eigenvalue weighted by atomic mass is 10.2. The maximum Gasteiger partial charge on any atom is 0.275 e. The van der Waals surface area contributed by atoms with Crippen molar-refractivity contribution in [2.45, 2.75) is 18.9 Å². The molecule has 1 fully saturated rings. The lowest BCUT2D eigenvalue weighted by molar-refractivity contribution is -0.910. The van der Waals surface area contributed by atoms with E-state index in [-0.39, 0.29) is 11.6 Å². The molecular weight excluding hydrogens is 352 g/mol. The Morgan fingerprint density at radius 1 is 1.27 bits per heavy atom. The summed E-state index contributed by atoms with van der Waals surface area (Å²) in [5.74, 6) is 0.0638. The summed E-state index contributed by atoms with van der Waals surface area (Å²) in [5.41, 5.74) is 0.866. The van der Waals surface area contributed by atoms with Crippen molar-refractivity contribution in [2.75, 3.05) is 31.5 Å². The molecule has 3 N–H and O–H groups in total. The van der Waals surface area contributed by atoms with Gasteiger partial charge in [-0.2, -0.15) is 0 Å². The Balaban J connectivity index is 1.38. The Kier molecular flexibility index (Phi) is 6.19. The number of nitro benzene ring substituents is 1. The van der Waals surface area contributed by atoms with Gasteiger partial charge in [0.05, 0.1) is 16.3 Å². The fourth-order valence-corrected chi connectivity index (χ4v) is 4.25. The largest absolute Gasteiger partial charge is 0.383 e. The number of anilines is 1. The standard InChI is InChI=1S/C18H22N4O3S/c23-18(13-21-11-1-3-16(21)17-4-2-12-26-17)20-10-9-19-14-5-7-15(8-6-14)22(24)25/h2,4-8,12,16,19H,1,3,9-11,13H2,(H,20,23)/p+1/t16-/m1/s1. The summed E-state index contributed by atoms with van der Waals surface area (Å²) < 4.78 is 0. The van der Waals surface area contributed by atoms with E-state index in [0.717, 1.165) is 25.1 Å². The Labute approximate surface area is 156 Å². The van der Waals surface area contributed by atoms with Gasteiger partial charge < -0.3 is 15.5 Å². The highest BCUT2D eigenvalue weighted by atomic mass is 32.1. The van der Waals surface area contributed by atoms with Crippen LogP contribution in [0.2, 0.25) is 0 Å². The van der Waals surface area contributed by atoms with Crippen molar-refractivity contribution in [1.82, 2.24) is 5.32 Å². The van der Waals surface area contributed by atoms with Crippen molar-refractivity contribution >= 4 is 28.6 Å². The summed E-state index contributed by atoms with van der Waals surface area (Å²) in [5, 5.41) is 18.8. The fourth-order valence-electron chi connectivity index (χ4n) is 3.33. The summed E-state index contributed by atoms with van der Waals surface area (Å²) in [6.07, 6.45) is 2.30. The number of nitrogens with zero attached hydrogens (tertiary/aromatic N) is 1. The van der Waals surface area contributed by atoms with Crippen molar-refractivity contribution in [3.63, 3.8) is 0 Å². The van der Waals surface area contributed by atoms with Gasteiger partial charge in [0, 0.05) is 43.8 Å². The summed E-state index contributed by atoms with van der Waals surface area (Å²) in [6.45, 7) is 2.64. The summed E-state index contributed by atoms with van der Waals surface area (Å²) in [4.78, 5) is 25.1. The topological polar surface area (TPSA) is 88.7 Å². The Morgan fingerprint density at radius 3 is 2.77 bits per heavy atom. The Bertz CT molecular complexity index is 733. The van der Waals surface area contributed by atoms with Crippen LogP contribution in [0.3, 0.4) is 0 Å². The van der Waals surface area contributed by atoms with E-state index in [2.05, 4.69) is 28.1 Å². The molecule has 2 heterocycles. The number of nitro groups is 1. The van der Waals surface area contributed by atoms with Gasteiger partial charge in [-0.1, -0.05) is 6.07 Å². The first-order valence-corrected chi connectivity index (χ1v) is 9.64. The third-order valence-corrected chi connectivity index (χ3v) is 5.60. The molecule has 0 spiro atoms. The van der Waals surface area contributed by atoms with Gasteiger partial charge in [-0.25, -0.2) is 0 Å². The van der Waals surface area contributed by atoms with Crippen LogP contribution < -0.4 is 15.5 Å². The van der Waals surface area contributed by atoms with Gasteiger partial charge >= 0.3 is 0 Å². The highest BCUT2D eigenvalue weighted by molar-refractivity contribution is 7.10. The lowest BCUT2D eigenvalue weighted by Crippen LogP contribution is -3.11. The van der Waals surface area contributed by atoms with Crippen LogP contribution in [0.5, 0.6) is 0 Å². The minimum absolute atomic E-state index is 0.0638. The van der Waals surface area contributed by atoms with Crippen LogP contribution in [-0.4, -0.2) is 37.0 Å². The second kappa shape index (κ2) is 8.77. The van der Waals surface area contributed by atoms with Crippen molar-refractivity contribution < 1.29 is 14.6 Å². The van der Waals surface area contributed by atoms with Gasteiger partial charge in [0.2, 0.25) is 0 Å². The first kappa shape index (κ1) is 18.3. The average molecular weight is 375 g/mol. The Morgan fingerprint density at radius 2 is 2.08 bits per heavy atom. The number of rotatable bonds is 8. The lowest BCUT2D eigenvalue weighted by Gasteiger charge is -2.20. The summed E-state index contributed by atoms with van der Waals surface area (Å²) in [7, 11) is 0. The van der Waals surface area contributed by atoms with E-state index in [0.29, 0.717) is 25.7 Å². The van der Waals surface area contributed by atoms with Crippen LogP contribution in [0.15, 0.2) is 41.8 Å². The number of thiophene rings is 1. The molecule has 7 nitrogen and oxygen atoms in total. The molecule has 1 aliphatic heterocycles. The monoisotopic (exact) mass is 375 g/mol. The van der Waals surface area contributed by atoms with Crippen LogP contribution >= 0.6 is 11.3 Å². The number of carbonyl (C=O) groups excluding carboxylic acids is 1. The molecule has 1 aliphatic rings. The number of hydrogen-bond donors (Lipinski definition) is 3. The molecule has 138 valence electrons. The smallest absolute Gasteiger partial charge is 0.275 e. The molecule has 0 saturated carbocycles. The van der Waals surface area contributed by atoms with Gasteiger partial charge in [-0.3, -0.25) is 14.9 Å². The first-order valence-electron chi connectivity index (χ1n) is 8.76. The number of likely N-dealkylation sites (tertiary alicyclic amines) is 1. The minimum Gasteiger partial charge on any atom is -0.383 e. The number of carbonyl (C=O) groups is 1. The third-order valence-electron chi connectivity index (χ3n) is 4.61. The van der Waals surface area contributed by atoms with Gasteiger partial charge in [0.25, 0.3) is 11.6 Å². The number of benzene rings is 1. The molecule has 0 radical (unpaired) electrons. The molecule has 1 saturated heterocycles. The Hall–Kier alpha value is -2.45. The van der Waals surface area contributed by atoms with E-state index in [1.165, 1.54) is 21.9 Å². The van der Waals surface area contributed by atoms with E-state index < -0.39 is 4.92 Å². The molecule has 2 atom stereocenters. The number of non-ortho nitro benzene ring substituents is 1. The van der Waals surface area contributed by atoms with E-state index in [1.807, 2.05) is 0 Å². The SMILES string of the molecule is O=C(C[NH+]1CCC[C@@H]1c1cccs1)NCCNc1ccc([N+](=O)[O-])cc1. The van der Waals surface area contributed by atoms with Gasteiger partial charge in [0.1, 0.15) is 6.04 Å². The third kappa shape index (κ3) is 4.80. The zero-order chi connectivity index (χ0) is 18.4. The van der Waals surface area contributed by atoms with Gasteiger partial charge in [-0.05, 0) is 23.6 Å². The quantitative estimate of drug-likeness (QED) is 0.371. The number of quaternary nitrogens is 1. The number of nitrogens with one attached hydrogen (secondary N) is 3. The molecule has 26 heavy (non-hydrogen) atoms. The van der Waals surface area contributed by atoms with Crippen LogP contribution in [0, 0.1) is 10.1 Å². The second-order valence-electron chi connectivity index (χ2n) is 6.38. The number of amides is 1. The number of hydrogen-bond acceptors (Lipinski definition) is 5. The van der Waals surface area contributed by atoms with Crippen LogP contribution in [-0.2, 0) is 4.79 Å². The second-order valence-corrected chi connectivity index (χ2v) is 7.36. The van der Waals surface area contributed by atoms with Crippen molar-refractivity contribution in [3.8, 4) is 0 Å². The summed E-state index contributed by atoms with van der Waals surface area (Å²) in [6, 6.07) is 10.9. The molecular formula is C18H23N4O3S+. The van der Waals surface area contributed by atoms with Gasteiger partial charge in [0.15, 0.2) is 6.54 Å². The maximum atomic E-state index is 12.2. The van der Waals surface area contributed by atoms with E-state index in [1.54, 1.807) is 23.5 Å². The molecule has 3 rings (SSSR count). The molecule has 1 aromatic heterocycles. The average Bonchev–Trinajstić information content (AvgIpc) is 3.30. The van der Waals surface area contributed by atoms with E-state index in [4.69, 9.17) is 0 Å². The first-order chi connectivity index (χ1) is 12.6. The van der Waals surface area contributed by atoms with Crippen LogP contribution in [0.1, 0.15) is 23.8 Å². The van der Waals surface area contributed by atoms with Crippen molar-refractivity contribution in [3.05, 3.63) is 56.8 Å². The molecule has 1 amide bonds. The maximum absolute atomic E-state index is 12.2.